The van der Waals surface area contributed by atoms with Crippen molar-refractivity contribution in [1.29, 1.82) is 5.26 Å². The van der Waals surface area contributed by atoms with E-state index in [1.54, 1.807) is 0 Å². The molecule has 1 N–H and O–H groups in total. The number of carbonyl (C=O) groups excluding carboxylic acids is 1. The van der Waals surface area contributed by atoms with E-state index < -0.39 is 0 Å². The zero-order chi connectivity index (χ0) is 10.7. The monoisotopic (exact) mass is 207 g/mol. The highest BCUT2D eigenvalue weighted by atomic mass is 16.2. The molecule has 82 valence electrons. The molecular weight excluding hydrogens is 190 g/mol. The average molecular weight is 207 g/mol. The first-order valence-electron chi connectivity index (χ1n) is 5.60. The van der Waals surface area contributed by atoms with Gasteiger partial charge < -0.3 is 5.32 Å². The summed E-state index contributed by atoms with van der Waals surface area (Å²) < 4.78 is 0. The van der Waals surface area contributed by atoms with Gasteiger partial charge in [0, 0.05) is 26.1 Å². The van der Waals surface area contributed by atoms with Crippen molar-refractivity contribution in [2.45, 2.75) is 25.7 Å². The Balaban J connectivity index is 1.88. The second kappa shape index (κ2) is 4.19. The molecule has 0 atom stereocenters. The molecule has 0 radical (unpaired) electrons. The molecule has 2 aliphatic rings. The predicted molar refractivity (Wildman–Crippen MR) is 56.0 cm³/mol. The molecule has 0 bridgehead atoms. The summed E-state index contributed by atoms with van der Waals surface area (Å²) in [5.41, 5.74) is 0.222. The number of nitrogens with one attached hydrogen (secondary N) is 1. The maximum absolute atomic E-state index is 11.3. The van der Waals surface area contributed by atoms with Crippen LogP contribution in [-0.4, -0.2) is 37.0 Å². The zero-order valence-corrected chi connectivity index (χ0v) is 8.96. The third-order valence-electron chi connectivity index (χ3n) is 3.31. The molecule has 1 amide bonds. The summed E-state index contributed by atoms with van der Waals surface area (Å²) in [5, 5.41) is 11.6. The van der Waals surface area contributed by atoms with Gasteiger partial charge in [-0.05, 0) is 24.7 Å². The summed E-state index contributed by atoms with van der Waals surface area (Å²) in [6, 6.07) is 2.26. The highest BCUT2D eigenvalue weighted by Gasteiger charge is 2.43. The maximum Gasteiger partial charge on any atom is 0.234 e. The van der Waals surface area contributed by atoms with Gasteiger partial charge in [0.25, 0.3) is 0 Å². The van der Waals surface area contributed by atoms with Gasteiger partial charge in [0.2, 0.25) is 5.91 Å². The standard InChI is InChI=1S/C11H17N3O/c12-5-4-11(2-3-11)9-14-7-1-6-13-10(15)8-14/h1-4,6-9H2,(H,13,15). The van der Waals surface area contributed by atoms with Crippen LogP contribution >= 0.6 is 0 Å². The Hall–Kier alpha value is -1.08. The van der Waals surface area contributed by atoms with Gasteiger partial charge in [-0.2, -0.15) is 5.26 Å². The molecule has 1 saturated heterocycles. The van der Waals surface area contributed by atoms with Crippen LogP contribution in [0, 0.1) is 16.7 Å². The van der Waals surface area contributed by atoms with Crippen molar-refractivity contribution in [1.82, 2.24) is 10.2 Å². The molecule has 0 spiro atoms. The Labute approximate surface area is 90.2 Å². The minimum Gasteiger partial charge on any atom is -0.355 e. The number of carbonyl (C=O) groups is 1. The first kappa shape index (κ1) is 10.4. The van der Waals surface area contributed by atoms with Crippen molar-refractivity contribution in [3.05, 3.63) is 0 Å². The second-order valence-corrected chi connectivity index (χ2v) is 4.75. The normalized spacial score (nSPS) is 25.1. The Morgan fingerprint density at radius 1 is 1.53 bits per heavy atom. The van der Waals surface area contributed by atoms with Crippen molar-refractivity contribution < 1.29 is 4.79 Å². The van der Waals surface area contributed by atoms with Gasteiger partial charge >= 0.3 is 0 Å². The summed E-state index contributed by atoms with van der Waals surface area (Å²) >= 11 is 0. The number of hydrogen-bond acceptors (Lipinski definition) is 3. The van der Waals surface area contributed by atoms with Crippen LogP contribution in [0.4, 0.5) is 0 Å². The van der Waals surface area contributed by atoms with E-state index in [9.17, 15) is 4.79 Å². The highest BCUT2D eigenvalue weighted by Crippen LogP contribution is 2.49. The Morgan fingerprint density at radius 2 is 2.33 bits per heavy atom. The molecular formula is C11H17N3O. The third-order valence-corrected chi connectivity index (χ3v) is 3.31. The van der Waals surface area contributed by atoms with Crippen LogP contribution < -0.4 is 5.32 Å². The first-order valence-corrected chi connectivity index (χ1v) is 5.60. The van der Waals surface area contributed by atoms with Gasteiger partial charge in [-0.25, -0.2) is 0 Å². The zero-order valence-electron chi connectivity index (χ0n) is 8.96. The average Bonchev–Trinajstić information content (AvgIpc) is 2.94. The highest BCUT2D eigenvalue weighted by molar-refractivity contribution is 5.78. The van der Waals surface area contributed by atoms with E-state index >= 15 is 0 Å². The van der Waals surface area contributed by atoms with Crippen LogP contribution in [0.15, 0.2) is 0 Å². The lowest BCUT2D eigenvalue weighted by atomic mass is 10.0. The van der Waals surface area contributed by atoms with Crippen molar-refractivity contribution in [3.8, 4) is 6.07 Å². The van der Waals surface area contributed by atoms with Crippen LogP contribution in [0.5, 0.6) is 0 Å². The second-order valence-electron chi connectivity index (χ2n) is 4.75. The van der Waals surface area contributed by atoms with E-state index in [0.29, 0.717) is 13.0 Å². The maximum atomic E-state index is 11.3. The van der Waals surface area contributed by atoms with E-state index in [1.165, 1.54) is 0 Å². The third kappa shape index (κ3) is 2.69. The molecule has 2 fully saturated rings. The molecule has 15 heavy (non-hydrogen) atoms. The quantitative estimate of drug-likeness (QED) is 0.733. The van der Waals surface area contributed by atoms with E-state index in [-0.39, 0.29) is 11.3 Å². The molecule has 0 unspecified atom stereocenters. The lowest BCUT2D eigenvalue weighted by Crippen LogP contribution is -2.36. The number of nitriles is 1. The molecule has 2 rings (SSSR count). The minimum atomic E-state index is 0.125. The Kier molecular flexibility index (Phi) is 2.92. The van der Waals surface area contributed by atoms with Crippen molar-refractivity contribution in [3.63, 3.8) is 0 Å². The van der Waals surface area contributed by atoms with Gasteiger partial charge in [-0.1, -0.05) is 0 Å². The first-order chi connectivity index (χ1) is 7.24. The number of hydrogen-bond donors (Lipinski definition) is 1. The predicted octanol–water partition coefficient (Wildman–Crippen LogP) is 0.502. The fraction of sp³-hybridized carbons (Fsp3) is 0.818. The van der Waals surface area contributed by atoms with Gasteiger partial charge in [-0.15, -0.1) is 0 Å². The van der Waals surface area contributed by atoms with Gasteiger partial charge in [0.1, 0.15) is 0 Å². The van der Waals surface area contributed by atoms with Crippen molar-refractivity contribution >= 4 is 5.91 Å². The summed E-state index contributed by atoms with van der Waals surface area (Å²) in [6.07, 6.45) is 3.97. The van der Waals surface area contributed by atoms with Gasteiger partial charge in [0.15, 0.2) is 0 Å². The topological polar surface area (TPSA) is 56.1 Å². The lowest BCUT2D eigenvalue weighted by Gasteiger charge is -2.23. The molecule has 0 aromatic heterocycles. The van der Waals surface area contributed by atoms with E-state index in [1.807, 2.05) is 0 Å². The van der Waals surface area contributed by atoms with Crippen molar-refractivity contribution in [2.24, 2.45) is 5.41 Å². The van der Waals surface area contributed by atoms with Gasteiger partial charge in [0.05, 0.1) is 12.6 Å². The lowest BCUT2D eigenvalue weighted by molar-refractivity contribution is -0.121. The molecule has 1 heterocycles. The van der Waals surface area contributed by atoms with E-state index in [0.717, 1.165) is 38.9 Å². The van der Waals surface area contributed by atoms with Crippen LogP contribution in [0.2, 0.25) is 0 Å². The molecule has 1 aliphatic heterocycles. The smallest absolute Gasteiger partial charge is 0.234 e. The minimum absolute atomic E-state index is 0.125. The number of rotatable bonds is 3. The Bertz CT molecular complexity index is 291. The Morgan fingerprint density at radius 3 is 3.00 bits per heavy atom. The number of amides is 1. The summed E-state index contributed by atoms with van der Waals surface area (Å²) in [5.74, 6) is 0.125. The molecule has 4 heteroatoms. The van der Waals surface area contributed by atoms with Crippen LogP contribution in [0.3, 0.4) is 0 Å². The van der Waals surface area contributed by atoms with Crippen LogP contribution in [0.1, 0.15) is 25.7 Å². The fourth-order valence-corrected chi connectivity index (χ4v) is 2.21. The molecule has 1 saturated carbocycles. The number of nitrogens with zero attached hydrogens (tertiary/aromatic N) is 2. The summed E-state index contributed by atoms with van der Waals surface area (Å²) in [6.45, 7) is 3.20. The SMILES string of the molecule is N#CCC1(CN2CCCNC(=O)C2)CC1. The van der Waals surface area contributed by atoms with Crippen LogP contribution in [0.25, 0.3) is 0 Å². The molecule has 4 nitrogen and oxygen atoms in total. The van der Waals surface area contributed by atoms with Crippen LogP contribution in [-0.2, 0) is 4.79 Å². The van der Waals surface area contributed by atoms with Crippen molar-refractivity contribution in [2.75, 3.05) is 26.2 Å². The summed E-state index contributed by atoms with van der Waals surface area (Å²) in [7, 11) is 0. The summed E-state index contributed by atoms with van der Waals surface area (Å²) in [4.78, 5) is 13.5. The molecule has 0 aromatic rings. The molecule has 1 aliphatic carbocycles. The van der Waals surface area contributed by atoms with E-state index in [2.05, 4.69) is 16.3 Å². The fourth-order valence-electron chi connectivity index (χ4n) is 2.21. The largest absolute Gasteiger partial charge is 0.355 e. The van der Waals surface area contributed by atoms with E-state index in [4.69, 9.17) is 5.26 Å². The molecule has 0 aromatic carbocycles. The van der Waals surface area contributed by atoms with Gasteiger partial charge in [-0.3, -0.25) is 9.69 Å².